The normalized spacial score (nSPS) is 13.8. The second-order valence-corrected chi connectivity index (χ2v) is 7.01. The fourth-order valence-corrected chi connectivity index (χ4v) is 1.97. The molecule has 20 heavy (non-hydrogen) atoms. The van der Waals surface area contributed by atoms with Crippen LogP contribution < -0.4 is 0 Å². The van der Waals surface area contributed by atoms with Crippen molar-refractivity contribution in [2.75, 3.05) is 6.61 Å². The molecule has 0 rings (SSSR count). The van der Waals surface area contributed by atoms with Gasteiger partial charge in [-0.3, -0.25) is 9.59 Å². The molecule has 0 radical (unpaired) electrons. The first-order valence-electron chi connectivity index (χ1n) is 7.36. The van der Waals surface area contributed by atoms with Crippen LogP contribution in [0.4, 0.5) is 0 Å². The molecule has 0 aliphatic heterocycles. The van der Waals surface area contributed by atoms with Crippen LogP contribution in [-0.2, 0) is 19.1 Å². The van der Waals surface area contributed by atoms with Gasteiger partial charge in [0.15, 0.2) is 0 Å². The van der Waals surface area contributed by atoms with Crippen LogP contribution >= 0.6 is 0 Å². The van der Waals surface area contributed by atoms with Crippen molar-refractivity contribution in [1.82, 2.24) is 0 Å². The maximum Gasteiger partial charge on any atom is 0.308 e. The van der Waals surface area contributed by atoms with Crippen molar-refractivity contribution in [3.8, 4) is 0 Å². The van der Waals surface area contributed by atoms with Crippen LogP contribution in [0.3, 0.4) is 0 Å². The van der Waals surface area contributed by atoms with Crippen LogP contribution in [0.15, 0.2) is 0 Å². The SMILES string of the molecule is CC(C)C(=O)OCC(C)(C)[C@@H](OC(=O)C(C)C)C(C)C. The number of hydrogen-bond donors (Lipinski definition) is 0. The van der Waals surface area contributed by atoms with E-state index >= 15 is 0 Å². The lowest BCUT2D eigenvalue weighted by Crippen LogP contribution is -2.42. The zero-order valence-corrected chi connectivity index (χ0v) is 14.1. The minimum atomic E-state index is -0.413. The predicted octanol–water partition coefficient (Wildman–Crippen LogP) is 3.44. The molecule has 0 saturated carbocycles. The highest BCUT2D eigenvalue weighted by molar-refractivity contribution is 5.72. The second kappa shape index (κ2) is 7.65. The van der Waals surface area contributed by atoms with E-state index in [-0.39, 0.29) is 42.4 Å². The summed E-state index contributed by atoms with van der Waals surface area (Å²) in [5.41, 5.74) is -0.413. The Morgan fingerprint density at radius 3 is 1.70 bits per heavy atom. The molecule has 0 N–H and O–H groups in total. The van der Waals surface area contributed by atoms with Crippen LogP contribution in [0.1, 0.15) is 55.4 Å². The predicted molar refractivity (Wildman–Crippen MR) is 79.1 cm³/mol. The van der Waals surface area contributed by atoms with Gasteiger partial charge >= 0.3 is 11.9 Å². The van der Waals surface area contributed by atoms with Gasteiger partial charge in [0, 0.05) is 5.41 Å². The molecule has 4 nitrogen and oxygen atoms in total. The van der Waals surface area contributed by atoms with Gasteiger partial charge in [-0.25, -0.2) is 0 Å². The first-order valence-corrected chi connectivity index (χ1v) is 7.36. The van der Waals surface area contributed by atoms with E-state index < -0.39 is 5.41 Å². The molecule has 0 aromatic rings. The Labute approximate surface area is 123 Å². The molecule has 0 amide bonds. The molecule has 0 aromatic carbocycles. The zero-order chi connectivity index (χ0) is 16.1. The third-order valence-corrected chi connectivity index (χ3v) is 3.15. The molecule has 118 valence electrons. The van der Waals surface area contributed by atoms with Gasteiger partial charge in [-0.15, -0.1) is 0 Å². The Bertz CT molecular complexity index is 329. The van der Waals surface area contributed by atoms with Crippen molar-refractivity contribution < 1.29 is 19.1 Å². The average Bonchev–Trinajstić information content (AvgIpc) is 2.31. The Kier molecular flexibility index (Phi) is 7.25. The standard InChI is InChI=1S/C16H30O4/c1-10(2)13(20-15(18)12(5)6)16(7,8)9-19-14(17)11(3)4/h10-13H,9H2,1-8H3/t13-/m0/s1. The lowest BCUT2D eigenvalue weighted by atomic mass is 9.81. The van der Waals surface area contributed by atoms with Crippen molar-refractivity contribution in [3.63, 3.8) is 0 Å². The summed E-state index contributed by atoms with van der Waals surface area (Å²) < 4.78 is 10.9. The fourth-order valence-electron chi connectivity index (χ4n) is 1.97. The van der Waals surface area contributed by atoms with Crippen LogP contribution in [0.2, 0.25) is 0 Å². The first kappa shape index (κ1) is 18.9. The van der Waals surface area contributed by atoms with Gasteiger partial charge in [0.1, 0.15) is 6.10 Å². The van der Waals surface area contributed by atoms with E-state index in [1.165, 1.54) is 0 Å². The Hall–Kier alpha value is -1.06. The molecule has 0 aromatic heterocycles. The van der Waals surface area contributed by atoms with Gasteiger partial charge in [-0.2, -0.15) is 0 Å². The van der Waals surface area contributed by atoms with Crippen molar-refractivity contribution >= 4 is 11.9 Å². The summed E-state index contributed by atoms with van der Waals surface area (Å²) in [6, 6.07) is 0. The molecule has 0 heterocycles. The van der Waals surface area contributed by atoms with E-state index in [0.717, 1.165) is 0 Å². The monoisotopic (exact) mass is 286 g/mol. The summed E-state index contributed by atoms with van der Waals surface area (Å²) in [5.74, 6) is -0.597. The average molecular weight is 286 g/mol. The highest BCUT2D eigenvalue weighted by atomic mass is 16.6. The zero-order valence-electron chi connectivity index (χ0n) is 14.1. The largest absolute Gasteiger partial charge is 0.465 e. The minimum absolute atomic E-state index is 0.151. The number of hydrogen-bond acceptors (Lipinski definition) is 4. The van der Waals surface area contributed by atoms with Gasteiger partial charge in [0.2, 0.25) is 0 Å². The topological polar surface area (TPSA) is 52.6 Å². The molecule has 0 saturated heterocycles. The summed E-state index contributed by atoms with van der Waals surface area (Å²) in [4.78, 5) is 23.4. The number of carbonyl (C=O) groups excluding carboxylic acids is 2. The lowest BCUT2D eigenvalue weighted by molar-refractivity contribution is -0.169. The number of ether oxygens (including phenoxy) is 2. The molecule has 0 aliphatic carbocycles. The first-order chi connectivity index (χ1) is 8.99. The minimum Gasteiger partial charge on any atom is -0.465 e. The van der Waals surface area contributed by atoms with Crippen LogP contribution in [0, 0.1) is 23.2 Å². The van der Waals surface area contributed by atoms with E-state index in [4.69, 9.17) is 9.47 Å². The van der Waals surface area contributed by atoms with Crippen LogP contribution in [0.5, 0.6) is 0 Å². The fraction of sp³-hybridized carbons (Fsp3) is 0.875. The highest BCUT2D eigenvalue weighted by Crippen LogP contribution is 2.30. The van der Waals surface area contributed by atoms with Crippen LogP contribution in [-0.4, -0.2) is 24.6 Å². The van der Waals surface area contributed by atoms with Crippen molar-refractivity contribution in [2.45, 2.75) is 61.5 Å². The molecule has 0 fully saturated rings. The summed E-state index contributed by atoms with van der Waals surface area (Å²) in [6.07, 6.45) is -0.280. The summed E-state index contributed by atoms with van der Waals surface area (Å²) >= 11 is 0. The van der Waals surface area contributed by atoms with Crippen molar-refractivity contribution in [3.05, 3.63) is 0 Å². The van der Waals surface area contributed by atoms with Crippen molar-refractivity contribution in [2.24, 2.45) is 23.2 Å². The van der Waals surface area contributed by atoms with Gasteiger partial charge < -0.3 is 9.47 Å². The Balaban J connectivity index is 4.79. The van der Waals surface area contributed by atoms with Crippen LogP contribution in [0.25, 0.3) is 0 Å². The van der Waals surface area contributed by atoms with E-state index in [0.29, 0.717) is 0 Å². The van der Waals surface area contributed by atoms with Gasteiger partial charge in [-0.1, -0.05) is 55.4 Å². The molecular formula is C16H30O4. The maximum absolute atomic E-state index is 11.8. The van der Waals surface area contributed by atoms with Gasteiger partial charge in [0.25, 0.3) is 0 Å². The number of rotatable bonds is 7. The highest BCUT2D eigenvalue weighted by Gasteiger charge is 2.37. The Morgan fingerprint density at radius 1 is 0.900 bits per heavy atom. The second-order valence-electron chi connectivity index (χ2n) is 7.01. The third-order valence-electron chi connectivity index (χ3n) is 3.15. The molecule has 1 atom stereocenters. The van der Waals surface area contributed by atoms with E-state index in [2.05, 4.69) is 0 Å². The molecule has 0 unspecified atom stereocenters. The number of carbonyl (C=O) groups is 2. The quantitative estimate of drug-likeness (QED) is 0.673. The molecular weight excluding hydrogens is 256 g/mol. The summed E-state index contributed by atoms with van der Waals surface area (Å²) in [5, 5.41) is 0. The summed E-state index contributed by atoms with van der Waals surface area (Å²) in [7, 11) is 0. The smallest absolute Gasteiger partial charge is 0.308 e. The number of esters is 2. The van der Waals surface area contributed by atoms with E-state index in [1.54, 1.807) is 13.8 Å². The van der Waals surface area contributed by atoms with Gasteiger partial charge in [-0.05, 0) is 5.92 Å². The molecule has 0 spiro atoms. The van der Waals surface area contributed by atoms with Gasteiger partial charge in [0.05, 0.1) is 18.4 Å². The molecule has 4 heteroatoms. The maximum atomic E-state index is 11.8. The summed E-state index contributed by atoms with van der Waals surface area (Å²) in [6.45, 7) is 15.4. The van der Waals surface area contributed by atoms with E-state index in [1.807, 2.05) is 41.5 Å². The third kappa shape index (κ3) is 5.93. The lowest BCUT2D eigenvalue weighted by Gasteiger charge is -2.36. The Morgan fingerprint density at radius 2 is 1.35 bits per heavy atom. The van der Waals surface area contributed by atoms with E-state index in [9.17, 15) is 9.59 Å². The molecule has 0 aliphatic rings. The molecule has 0 bridgehead atoms. The van der Waals surface area contributed by atoms with Crippen molar-refractivity contribution in [1.29, 1.82) is 0 Å².